The van der Waals surface area contributed by atoms with Crippen LogP contribution in [0.5, 0.6) is 5.75 Å². The third-order valence-electron chi connectivity index (χ3n) is 10.3. The molecule has 5 aliphatic rings. The first-order chi connectivity index (χ1) is 20.7. The van der Waals surface area contributed by atoms with Crippen molar-refractivity contribution in [2.75, 3.05) is 26.7 Å². The lowest BCUT2D eigenvalue weighted by Crippen LogP contribution is -2.65. The van der Waals surface area contributed by atoms with Gasteiger partial charge in [0.1, 0.15) is 17.4 Å². The van der Waals surface area contributed by atoms with E-state index in [9.17, 15) is 29.1 Å². The molecule has 1 unspecified atom stereocenters. The molecule has 238 valence electrons. The Balaban J connectivity index is 1.35. The maximum atomic E-state index is 13.5. The van der Waals surface area contributed by atoms with E-state index in [1.54, 1.807) is 19.1 Å². The zero-order valence-corrected chi connectivity index (χ0v) is 26.0. The van der Waals surface area contributed by atoms with Crippen LogP contribution in [-0.2, 0) is 30.1 Å². The summed E-state index contributed by atoms with van der Waals surface area (Å²) >= 11 is 0. The number of nitrogens with one attached hydrogen (secondary N) is 2. The molecular formula is C30H41BN4O9. The molecule has 6 rings (SSSR count). The maximum absolute atomic E-state index is 13.5. The van der Waals surface area contributed by atoms with E-state index in [1.165, 1.54) is 25.0 Å². The van der Waals surface area contributed by atoms with Crippen molar-refractivity contribution in [3.05, 3.63) is 29.3 Å². The Labute approximate surface area is 257 Å². The summed E-state index contributed by atoms with van der Waals surface area (Å²) < 4.78 is 18.6. The van der Waals surface area contributed by atoms with E-state index in [0.717, 1.165) is 17.7 Å². The zero-order chi connectivity index (χ0) is 32.1. The molecule has 1 aromatic rings. The highest BCUT2D eigenvalue weighted by Gasteiger charge is 2.68. The first kappa shape index (κ1) is 31.8. The van der Waals surface area contributed by atoms with Crippen molar-refractivity contribution in [3.63, 3.8) is 0 Å². The minimum Gasteiger partial charge on any atom is -0.496 e. The number of imide groups is 1. The minimum absolute atomic E-state index is 0.0170. The van der Waals surface area contributed by atoms with Gasteiger partial charge in [-0.25, -0.2) is 9.59 Å². The van der Waals surface area contributed by atoms with Gasteiger partial charge in [0.25, 0.3) is 0 Å². The second kappa shape index (κ2) is 11.7. The summed E-state index contributed by atoms with van der Waals surface area (Å²) in [6, 6.07) is 2.83. The smallest absolute Gasteiger partial charge is 0.482 e. The van der Waals surface area contributed by atoms with Crippen LogP contribution < -0.4 is 15.4 Å². The fourth-order valence-electron chi connectivity index (χ4n) is 7.48. The van der Waals surface area contributed by atoms with Crippen LogP contribution in [-0.4, -0.2) is 102 Å². The summed E-state index contributed by atoms with van der Waals surface area (Å²) in [7, 11) is 0.530. The molecular weight excluding hydrogens is 571 g/mol. The van der Waals surface area contributed by atoms with Gasteiger partial charge in [0.2, 0.25) is 5.91 Å². The third-order valence-corrected chi connectivity index (χ3v) is 10.3. The summed E-state index contributed by atoms with van der Waals surface area (Å²) in [6.45, 7) is 10.3. The number of carboxylic acids is 1. The second-order valence-corrected chi connectivity index (χ2v) is 13.0. The van der Waals surface area contributed by atoms with Crippen LogP contribution in [0, 0.1) is 17.3 Å². The van der Waals surface area contributed by atoms with Crippen LogP contribution >= 0.6 is 0 Å². The van der Waals surface area contributed by atoms with Crippen molar-refractivity contribution >= 4 is 36.8 Å². The first-order valence-corrected chi connectivity index (χ1v) is 15.2. The number of carboxylic acid groups (broad SMARTS) is 1. The predicted octanol–water partition coefficient (Wildman–Crippen LogP) is 1.48. The van der Waals surface area contributed by atoms with Crippen LogP contribution in [0.1, 0.15) is 63.4 Å². The molecule has 1 aromatic carbocycles. The van der Waals surface area contributed by atoms with Crippen LogP contribution in [0.15, 0.2) is 18.2 Å². The number of amides is 5. The topological polar surface area (TPSA) is 164 Å². The predicted molar refractivity (Wildman–Crippen MR) is 158 cm³/mol. The molecule has 3 aliphatic carbocycles. The second-order valence-electron chi connectivity index (χ2n) is 13.0. The first-order valence-electron chi connectivity index (χ1n) is 15.2. The molecule has 2 saturated heterocycles. The summed E-state index contributed by atoms with van der Waals surface area (Å²) in [5.74, 6) is -3.26. The Hall–Kier alpha value is -3.65. The Kier molecular flexibility index (Phi) is 8.45. The van der Waals surface area contributed by atoms with Crippen molar-refractivity contribution in [1.82, 2.24) is 20.4 Å². The van der Waals surface area contributed by atoms with E-state index >= 15 is 0 Å². The number of benzene rings is 1. The fourth-order valence-corrected chi connectivity index (χ4v) is 7.48. The standard InChI is InChI=1S/C30H41BN4O9/c1-7-34-11-12-35(26(38)25(34)37)28(41)32-16(2)24(36)33-22(13-17-9-8-10-19(27(39)40)23(17)42-6)31-43-21-15-18-14-20(29(18,3)4)30(21,5)44-31/h8-10,16,18,20-22H,7,11-15H2,1-6H3,(H,32,41)(H,33,36)(H,39,40)/t16-,18-,20-,21?,22-,30-/m0/s1. The van der Waals surface area contributed by atoms with Crippen molar-refractivity contribution in [2.24, 2.45) is 17.3 Å². The molecule has 3 N–H and O–H groups in total. The zero-order valence-electron chi connectivity index (χ0n) is 26.0. The molecule has 14 heteroatoms. The summed E-state index contributed by atoms with van der Waals surface area (Å²) in [4.78, 5) is 65.2. The van der Waals surface area contributed by atoms with Gasteiger partial charge in [0.05, 0.1) is 24.8 Å². The number of hydrogen-bond acceptors (Lipinski definition) is 8. The lowest BCUT2D eigenvalue weighted by Gasteiger charge is -2.64. The van der Waals surface area contributed by atoms with E-state index in [0.29, 0.717) is 18.0 Å². The number of methoxy groups -OCH3 is 1. The molecule has 0 aromatic heterocycles. The molecule has 44 heavy (non-hydrogen) atoms. The molecule has 2 bridgehead atoms. The lowest BCUT2D eigenvalue weighted by molar-refractivity contribution is -0.199. The monoisotopic (exact) mass is 612 g/mol. The molecule has 6 atom stereocenters. The van der Waals surface area contributed by atoms with Crippen LogP contribution in [0.25, 0.3) is 0 Å². The molecule has 2 heterocycles. The van der Waals surface area contributed by atoms with Crippen molar-refractivity contribution < 1.29 is 43.1 Å². The number of urea groups is 1. The van der Waals surface area contributed by atoms with E-state index in [2.05, 4.69) is 31.4 Å². The lowest BCUT2D eigenvalue weighted by atomic mass is 9.43. The van der Waals surface area contributed by atoms with E-state index < -0.39 is 54.4 Å². The van der Waals surface area contributed by atoms with Crippen molar-refractivity contribution in [3.8, 4) is 5.75 Å². The molecule has 0 spiro atoms. The highest BCUT2D eigenvalue weighted by Crippen LogP contribution is 2.65. The minimum atomic E-state index is -1.15. The summed E-state index contributed by atoms with van der Waals surface area (Å²) in [6.07, 6.45) is 1.82. The van der Waals surface area contributed by atoms with Gasteiger partial charge >= 0.3 is 30.9 Å². The quantitative estimate of drug-likeness (QED) is 0.277. The Morgan fingerprint density at radius 2 is 1.86 bits per heavy atom. The van der Waals surface area contributed by atoms with E-state index in [-0.39, 0.29) is 48.3 Å². The average Bonchev–Trinajstić information content (AvgIpc) is 3.34. The normalized spacial score (nSPS) is 28.5. The molecule has 3 saturated carbocycles. The number of rotatable bonds is 9. The van der Waals surface area contributed by atoms with Gasteiger partial charge < -0.3 is 34.7 Å². The van der Waals surface area contributed by atoms with Crippen molar-refractivity contribution in [1.29, 1.82) is 0 Å². The Morgan fingerprint density at radius 3 is 2.50 bits per heavy atom. The summed E-state index contributed by atoms with van der Waals surface area (Å²) in [5, 5.41) is 15.2. The number of carbonyl (C=O) groups excluding carboxylic acids is 4. The highest BCUT2D eigenvalue weighted by molar-refractivity contribution is 6.48. The van der Waals surface area contributed by atoms with Gasteiger partial charge in [0.15, 0.2) is 0 Å². The molecule has 13 nitrogen and oxygen atoms in total. The Bertz CT molecular complexity index is 1370. The van der Waals surface area contributed by atoms with Gasteiger partial charge in [-0.1, -0.05) is 26.0 Å². The largest absolute Gasteiger partial charge is 0.496 e. The van der Waals surface area contributed by atoms with Gasteiger partial charge in [-0.05, 0) is 68.9 Å². The Morgan fingerprint density at radius 1 is 1.14 bits per heavy atom. The van der Waals surface area contributed by atoms with E-state index in [1.807, 2.05) is 0 Å². The molecule has 0 radical (unpaired) electrons. The molecule has 2 aliphatic heterocycles. The molecule has 5 amide bonds. The maximum Gasteiger partial charge on any atom is 0.482 e. The number of aromatic carboxylic acids is 1. The number of carbonyl (C=O) groups is 5. The van der Waals surface area contributed by atoms with Gasteiger partial charge in [-0.3, -0.25) is 19.3 Å². The third kappa shape index (κ3) is 5.31. The van der Waals surface area contributed by atoms with E-state index in [4.69, 9.17) is 14.0 Å². The fraction of sp³-hybridized carbons (Fsp3) is 0.633. The summed E-state index contributed by atoms with van der Waals surface area (Å²) in [5.41, 5.74) is 0.0482. The highest BCUT2D eigenvalue weighted by atomic mass is 16.7. The SMILES string of the molecule is CCN1CCN(C(=O)N[C@@H](C)C(=O)N[C@@H](Cc2cccc(C(=O)O)c2OC)B2OC3C[C@@H]4C[C@@H](C4(C)C)[C@]3(C)O2)C(=O)C1=O. The number of likely N-dealkylation sites (N-methyl/N-ethyl adjacent to an activating group) is 1. The van der Waals surface area contributed by atoms with Gasteiger partial charge in [-0.15, -0.1) is 0 Å². The van der Waals surface area contributed by atoms with Crippen LogP contribution in [0.4, 0.5) is 4.79 Å². The number of hydrogen-bond donors (Lipinski definition) is 3. The number of nitrogens with zero attached hydrogens (tertiary/aromatic N) is 2. The molecule has 5 fully saturated rings. The van der Waals surface area contributed by atoms with Crippen LogP contribution in [0.3, 0.4) is 0 Å². The number of para-hydroxylation sites is 1. The van der Waals surface area contributed by atoms with Crippen LogP contribution in [0.2, 0.25) is 0 Å². The van der Waals surface area contributed by atoms with Gasteiger partial charge in [0, 0.05) is 19.6 Å². The van der Waals surface area contributed by atoms with Crippen molar-refractivity contribution in [2.45, 2.75) is 77.6 Å². The number of ether oxygens (including phenoxy) is 1. The number of piperazine rings is 1. The van der Waals surface area contributed by atoms with Gasteiger partial charge in [-0.2, -0.15) is 0 Å². The average molecular weight is 612 g/mol.